The third kappa shape index (κ3) is 4.77. The van der Waals surface area contributed by atoms with Crippen LogP contribution in [-0.4, -0.2) is 16.8 Å². The zero-order valence-corrected chi connectivity index (χ0v) is 15.4. The van der Waals surface area contributed by atoms with Crippen molar-refractivity contribution in [3.63, 3.8) is 0 Å². The van der Waals surface area contributed by atoms with Crippen LogP contribution in [0.3, 0.4) is 0 Å². The molecule has 0 bridgehead atoms. The Bertz CT molecular complexity index is 949. The first-order chi connectivity index (χ1) is 12.5. The number of anilines is 2. The average Bonchev–Trinajstić information content (AvgIpc) is 3.03. The third-order valence-corrected chi connectivity index (χ3v) is 4.57. The molecule has 3 aromatic rings. The lowest BCUT2D eigenvalue weighted by Gasteiger charge is -2.07. The van der Waals surface area contributed by atoms with Crippen LogP contribution in [0.1, 0.15) is 18.2 Å². The van der Waals surface area contributed by atoms with E-state index in [1.165, 1.54) is 23.8 Å². The molecular formula is C20H19N3O2S. The number of hydrogen-bond donors (Lipinski definition) is 2. The summed E-state index contributed by atoms with van der Waals surface area (Å²) in [6.07, 6.45) is 0.201. The van der Waals surface area contributed by atoms with Gasteiger partial charge in [-0.15, -0.1) is 11.3 Å². The highest BCUT2D eigenvalue weighted by Gasteiger charge is 2.10. The molecule has 1 aromatic heterocycles. The summed E-state index contributed by atoms with van der Waals surface area (Å²) in [5.74, 6) is -0.300. The number of amides is 2. The molecule has 2 amide bonds. The molecular weight excluding hydrogens is 346 g/mol. The van der Waals surface area contributed by atoms with Gasteiger partial charge in [0, 0.05) is 29.2 Å². The van der Waals surface area contributed by atoms with Gasteiger partial charge in [0.1, 0.15) is 5.01 Å². The van der Waals surface area contributed by atoms with Crippen molar-refractivity contribution in [3.05, 3.63) is 65.2 Å². The summed E-state index contributed by atoms with van der Waals surface area (Å²) in [5.41, 5.74) is 4.25. The van der Waals surface area contributed by atoms with Gasteiger partial charge in [0.2, 0.25) is 11.8 Å². The number of rotatable bonds is 5. The number of carbonyl (C=O) groups excluding carboxylic acids is 2. The largest absolute Gasteiger partial charge is 0.326 e. The highest BCUT2D eigenvalue weighted by molar-refractivity contribution is 7.13. The van der Waals surface area contributed by atoms with Crippen molar-refractivity contribution in [3.8, 4) is 10.6 Å². The number of nitrogens with zero attached hydrogens (tertiary/aromatic N) is 1. The first-order valence-corrected chi connectivity index (χ1v) is 9.06. The number of nitrogens with one attached hydrogen (secondary N) is 2. The monoisotopic (exact) mass is 365 g/mol. The van der Waals surface area contributed by atoms with Crippen molar-refractivity contribution in [2.75, 3.05) is 10.6 Å². The van der Waals surface area contributed by atoms with Crippen LogP contribution < -0.4 is 10.6 Å². The predicted octanol–water partition coefficient (Wildman–Crippen LogP) is 4.26. The van der Waals surface area contributed by atoms with Crippen LogP contribution in [0.5, 0.6) is 0 Å². The predicted molar refractivity (Wildman–Crippen MR) is 105 cm³/mol. The van der Waals surface area contributed by atoms with Crippen molar-refractivity contribution in [2.45, 2.75) is 20.3 Å². The maximum absolute atomic E-state index is 12.3. The minimum absolute atomic E-state index is 0.147. The van der Waals surface area contributed by atoms with E-state index < -0.39 is 0 Å². The molecule has 6 heteroatoms. The Morgan fingerprint density at radius 3 is 2.50 bits per heavy atom. The fourth-order valence-electron chi connectivity index (χ4n) is 2.55. The van der Waals surface area contributed by atoms with Gasteiger partial charge in [0.25, 0.3) is 0 Å². The lowest BCUT2D eigenvalue weighted by atomic mass is 10.1. The second kappa shape index (κ2) is 7.93. The Morgan fingerprint density at radius 2 is 1.77 bits per heavy atom. The van der Waals surface area contributed by atoms with Crippen molar-refractivity contribution < 1.29 is 9.59 Å². The highest BCUT2D eigenvalue weighted by atomic mass is 32.1. The number of thiazole rings is 1. The summed E-state index contributed by atoms with van der Waals surface area (Å²) in [4.78, 5) is 28.0. The molecule has 0 fully saturated rings. The maximum Gasteiger partial charge on any atom is 0.230 e. The molecule has 0 radical (unpaired) electrons. The van der Waals surface area contributed by atoms with E-state index >= 15 is 0 Å². The van der Waals surface area contributed by atoms with Gasteiger partial charge in [0.15, 0.2) is 0 Å². The Balaban J connectivity index is 1.65. The first-order valence-electron chi connectivity index (χ1n) is 8.18. The Morgan fingerprint density at radius 1 is 1.04 bits per heavy atom. The minimum atomic E-state index is -0.153. The summed E-state index contributed by atoms with van der Waals surface area (Å²) in [6.45, 7) is 3.49. The maximum atomic E-state index is 12.3. The normalized spacial score (nSPS) is 10.4. The molecule has 132 valence electrons. The van der Waals surface area contributed by atoms with Gasteiger partial charge in [-0.05, 0) is 31.2 Å². The topological polar surface area (TPSA) is 71.1 Å². The van der Waals surface area contributed by atoms with Crippen LogP contribution in [0.15, 0.2) is 53.9 Å². The molecule has 0 aliphatic carbocycles. The fraction of sp³-hybridized carbons (Fsp3) is 0.150. The lowest BCUT2D eigenvalue weighted by molar-refractivity contribution is -0.116. The fourth-order valence-corrected chi connectivity index (χ4v) is 3.36. The standard InChI is InChI=1S/C20H19N3O2S/c1-13-5-3-6-15(9-13)20-23-18(12-26-20)11-19(25)22-17-8-4-7-16(10-17)21-14(2)24/h3-10,12H,11H2,1-2H3,(H,21,24)(H,22,25). The van der Waals surface area contributed by atoms with Crippen molar-refractivity contribution in [1.82, 2.24) is 4.98 Å². The Labute approximate surface area is 156 Å². The van der Waals surface area contributed by atoms with E-state index in [1.54, 1.807) is 24.3 Å². The highest BCUT2D eigenvalue weighted by Crippen LogP contribution is 2.25. The van der Waals surface area contributed by atoms with Gasteiger partial charge >= 0.3 is 0 Å². The molecule has 2 N–H and O–H groups in total. The van der Waals surface area contributed by atoms with Gasteiger partial charge in [-0.1, -0.05) is 29.8 Å². The molecule has 0 spiro atoms. The Kier molecular flexibility index (Phi) is 5.43. The van der Waals surface area contributed by atoms with Crippen LogP contribution in [0.25, 0.3) is 10.6 Å². The van der Waals surface area contributed by atoms with Gasteiger partial charge in [-0.2, -0.15) is 0 Å². The number of aryl methyl sites for hydroxylation is 1. The van der Waals surface area contributed by atoms with Gasteiger partial charge < -0.3 is 10.6 Å². The average molecular weight is 365 g/mol. The van der Waals surface area contributed by atoms with E-state index in [-0.39, 0.29) is 18.2 Å². The smallest absolute Gasteiger partial charge is 0.230 e. The molecule has 0 atom stereocenters. The van der Waals surface area contributed by atoms with E-state index in [0.29, 0.717) is 11.4 Å². The molecule has 0 unspecified atom stereocenters. The first kappa shape index (κ1) is 17.8. The van der Waals surface area contributed by atoms with Gasteiger partial charge in [-0.3, -0.25) is 9.59 Å². The summed E-state index contributed by atoms with van der Waals surface area (Å²) in [5, 5.41) is 8.34. The van der Waals surface area contributed by atoms with Crippen LogP contribution in [-0.2, 0) is 16.0 Å². The van der Waals surface area contributed by atoms with E-state index in [4.69, 9.17) is 0 Å². The quantitative estimate of drug-likeness (QED) is 0.710. The molecule has 1 heterocycles. The van der Waals surface area contributed by atoms with Crippen LogP contribution in [0, 0.1) is 6.92 Å². The minimum Gasteiger partial charge on any atom is -0.326 e. The van der Waals surface area contributed by atoms with Crippen molar-refractivity contribution in [2.24, 2.45) is 0 Å². The zero-order chi connectivity index (χ0) is 18.5. The third-order valence-electron chi connectivity index (χ3n) is 3.63. The summed E-state index contributed by atoms with van der Waals surface area (Å²) in [7, 11) is 0. The number of carbonyl (C=O) groups is 2. The van der Waals surface area contributed by atoms with Crippen LogP contribution in [0.2, 0.25) is 0 Å². The SMILES string of the molecule is CC(=O)Nc1cccc(NC(=O)Cc2csc(-c3cccc(C)c3)n2)c1. The van der Waals surface area contributed by atoms with Gasteiger partial charge in [0.05, 0.1) is 12.1 Å². The molecule has 2 aromatic carbocycles. The van der Waals surface area contributed by atoms with Crippen LogP contribution >= 0.6 is 11.3 Å². The summed E-state index contributed by atoms with van der Waals surface area (Å²) in [6, 6.07) is 15.2. The zero-order valence-electron chi connectivity index (χ0n) is 14.6. The van der Waals surface area contributed by atoms with Gasteiger partial charge in [-0.25, -0.2) is 4.98 Å². The van der Waals surface area contributed by atoms with Crippen molar-refractivity contribution >= 4 is 34.5 Å². The second-order valence-corrected chi connectivity index (χ2v) is 6.86. The van der Waals surface area contributed by atoms with Crippen LogP contribution in [0.4, 0.5) is 11.4 Å². The van der Waals surface area contributed by atoms with E-state index in [0.717, 1.165) is 16.3 Å². The number of hydrogen-bond acceptors (Lipinski definition) is 4. The number of aromatic nitrogens is 1. The Hall–Kier alpha value is -2.99. The second-order valence-electron chi connectivity index (χ2n) is 6.00. The molecule has 26 heavy (non-hydrogen) atoms. The molecule has 0 saturated carbocycles. The molecule has 0 saturated heterocycles. The van der Waals surface area contributed by atoms with Crippen molar-refractivity contribution in [1.29, 1.82) is 0 Å². The van der Waals surface area contributed by atoms with E-state index in [2.05, 4.69) is 21.7 Å². The number of benzene rings is 2. The summed E-state index contributed by atoms with van der Waals surface area (Å²) >= 11 is 1.53. The molecule has 0 aliphatic rings. The lowest BCUT2D eigenvalue weighted by Crippen LogP contribution is -2.15. The summed E-state index contributed by atoms with van der Waals surface area (Å²) < 4.78 is 0. The van der Waals surface area contributed by atoms with E-state index in [1.807, 2.05) is 30.5 Å². The molecule has 5 nitrogen and oxygen atoms in total. The molecule has 0 aliphatic heterocycles. The van der Waals surface area contributed by atoms with E-state index in [9.17, 15) is 9.59 Å². The molecule has 3 rings (SSSR count).